The number of nitrogens with zero attached hydrogens (tertiary/aromatic N) is 2. The second-order valence-electron chi connectivity index (χ2n) is 8.44. The first kappa shape index (κ1) is 25.8. The van der Waals surface area contributed by atoms with E-state index in [9.17, 15) is 19.5 Å². The number of rotatable bonds is 7. The third-order valence-corrected chi connectivity index (χ3v) is 6.61. The molecule has 1 aliphatic rings. The number of H-pyrrole nitrogens is 1. The number of amides is 1. The highest BCUT2D eigenvalue weighted by molar-refractivity contribution is 6.47. The molecule has 1 aromatic carbocycles. The molecule has 1 atom stereocenters. The van der Waals surface area contributed by atoms with E-state index in [-0.39, 0.29) is 27.6 Å². The van der Waals surface area contributed by atoms with E-state index in [0.29, 0.717) is 41.4 Å². The minimum absolute atomic E-state index is 0.0742. The fourth-order valence-electron chi connectivity index (χ4n) is 4.24. The number of esters is 1. The predicted molar refractivity (Wildman–Crippen MR) is 130 cm³/mol. The van der Waals surface area contributed by atoms with Crippen molar-refractivity contribution in [1.29, 1.82) is 0 Å². The molecule has 2 N–H and O–H groups in total. The first-order valence-corrected chi connectivity index (χ1v) is 11.4. The minimum atomic E-state index is -0.868. The van der Waals surface area contributed by atoms with Gasteiger partial charge < -0.3 is 24.6 Å². The summed E-state index contributed by atoms with van der Waals surface area (Å²) in [6, 6.07) is 3.98. The Morgan fingerprint density at radius 2 is 1.88 bits per heavy atom. The van der Waals surface area contributed by atoms with Gasteiger partial charge in [-0.3, -0.25) is 9.59 Å². The van der Waals surface area contributed by atoms with E-state index >= 15 is 0 Å². The molecule has 0 aliphatic carbocycles. The van der Waals surface area contributed by atoms with Gasteiger partial charge in [-0.2, -0.15) is 0 Å². The van der Waals surface area contributed by atoms with Gasteiger partial charge in [0.15, 0.2) is 0 Å². The summed E-state index contributed by atoms with van der Waals surface area (Å²) in [6.45, 7) is 4.29. The highest BCUT2D eigenvalue weighted by atomic mass is 35.5. The zero-order valence-corrected chi connectivity index (χ0v) is 21.2. The summed E-state index contributed by atoms with van der Waals surface area (Å²) in [4.78, 5) is 44.7. The molecule has 182 valence electrons. The van der Waals surface area contributed by atoms with E-state index in [1.807, 2.05) is 19.0 Å². The number of nitrogens with one attached hydrogen (secondary N) is 1. The number of aliphatic hydroxyl groups excluding tert-OH is 1. The quantitative estimate of drug-likeness (QED) is 0.253. The Morgan fingerprint density at radius 3 is 2.47 bits per heavy atom. The number of hydrogen-bond acceptors (Lipinski definition) is 6. The Hall–Kier alpha value is -2.81. The van der Waals surface area contributed by atoms with Crippen LogP contribution in [0.25, 0.3) is 5.76 Å². The summed E-state index contributed by atoms with van der Waals surface area (Å²) in [5.41, 5.74) is 1.77. The second-order valence-corrected chi connectivity index (χ2v) is 9.25. The maximum Gasteiger partial charge on any atom is 0.354 e. The second kappa shape index (κ2) is 10.2. The SMILES string of the molecule is COC(=O)c1[nH]c(C)c(/C(O)=C2\C(=O)C(=O)N(CCCN(C)C)[C@H]2c2ccc(Cl)c(Cl)c2)c1C. The van der Waals surface area contributed by atoms with Crippen LogP contribution in [0.5, 0.6) is 0 Å². The molecule has 0 radical (unpaired) electrons. The van der Waals surface area contributed by atoms with Crippen LogP contribution in [-0.2, 0) is 14.3 Å². The van der Waals surface area contributed by atoms with Crippen LogP contribution in [0.3, 0.4) is 0 Å². The van der Waals surface area contributed by atoms with Gasteiger partial charge in [0, 0.05) is 17.8 Å². The zero-order valence-electron chi connectivity index (χ0n) is 19.7. The highest BCUT2D eigenvalue weighted by Crippen LogP contribution is 2.42. The van der Waals surface area contributed by atoms with Crippen LogP contribution in [-0.4, -0.2) is 71.8 Å². The first-order valence-electron chi connectivity index (χ1n) is 10.7. The molecule has 8 nitrogen and oxygen atoms in total. The third-order valence-electron chi connectivity index (χ3n) is 5.87. The van der Waals surface area contributed by atoms with E-state index in [1.54, 1.807) is 32.0 Å². The van der Waals surface area contributed by atoms with Crippen molar-refractivity contribution in [2.24, 2.45) is 0 Å². The fraction of sp³-hybridized carbons (Fsp3) is 0.375. The molecule has 0 saturated carbocycles. The number of aryl methyl sites for hydroxylation is 1. The predicted octanol–water partition coefficient (Wildman–Crippen LogP) is 4.10. The molecule has 1 saturated heterocycles. The number of methoxy groups -OCH3 is 1. The normalized spacial score (nSPS) is 17.6. The lowest BCUT2D eigenvalue weighted by atomic mass is 9.94. The monoisotopic (exact) mass is 507 g/mol. The number of ketones is 1. The molecule has 1 aliphatic heterocycles. The number of aromatic amines is 1. The van der Waals surface area contributed by atoms with Crippen molar-refractivity contribution in [1.82, 2.24) is 14.8 Å². The van der Waals surface area contributed by atoms with E-state index in [4.69, 9.17) is 27.9 Å². The van der Waals surface area contributed by atoms with Crippen molar-refractivity contribution in [3.8, 4) is 0 Å². The maximum atomic E-state index is 13.2. The Balaban J connectivity index is 2.20. The number of aliphatic hydroxyl groups is 1. The van der Waals surface area contributed by atoms with Gasteiger partial charge in [0.05, 0.1) is 28.8 Å². The first-order chi connectivity index (χ1) is 16.0. The van der Waals surface area contributed by atoms with Gasteiger partial charge >= 0.3 is 5.97 Å². The van der Waals surface area contributed by atoms with Crippen LogP contribution in [0.2, 0.25) is 10.0 Å². The fourth-order valence-corrected chi connectivity index (χ4v) is 4.55. The average molecular weight is 508 g/mol. The summed E-state index contributed by atoms with van der Waals surface area (Å²) in [7, 11) is 5.09. The molecule has 2 aromatic rings. The molecule has 2 heterocycles. The van der Waals surface area contributed by atoms with Crippen LogP contribution < -0.4 is 0 Å². The topological polar surface area (TPSA) is 103 Å². The minimum Gasteiger partial charge on any atom is -0.507 e. The summed E-state index contributed by atoms with van der Waals surface area (Å²) in [5.74, 6) is -2.50. The average Bonchev–Trinajstić information content (AvgIpc) is 3.22. The van der Waals surface area contributed by atoms with Gasteiger partial charge in [-0.25, -0.2) is 4.79 Å². The van der Waals surface area contributed by atoms with Gasteiger partial charge in [0.2, 0.25) is 0 Å². The van der Waals surface area contributed by atoms with Crippen LogP contribution >= 0.6 is 23.2 Å². The van der Waals surface area contributed by atoms with Gasteiger partial charge in [0.25, 0.3) is 11.7 Å². The Bertz CT molecular complexity index is 1190. The van der Waals surface area contributed by atoms with Crippen molar-refractivity contribution in [2.75, 3.05) is 34.3 Å². The Kier molecular flexibility index (Phi) is 7.75. The Labute approximate surface area is 208 Å². The lowest BCUT2D eigenvalue weighted by Gasteiger charge is -2.26. The van der Waals surface area contributed by atoms with E-state index in [0.717, 1.165) is 0 Å². The molecule has 34 heavy (non-hydrogen) atoms. The summed E-state index contributed by atoms with van der Waals surface area (Å²) in [5, 5.41) is 12.0. The van der Waals surface area contributed by atoms with Crippen LogP contribution in [0.4, 0.5) is 0 Å². The number of halogens is 2. The van der Waals surface area contributed by atoms with E-state index in [1.165, 1.54) is 12.0 Å². The zero-order chi connectivity index (χ0) is 25.3. The van der Waals surface area contributed by atoms with Gasteiger partial charge in [-0.15, -0.1) is 0 Å². The van der Waals surface area contributed by atoms with Gasteiger partial charge in [0.1, 0.15) is 11.5 Å². The molecule has 10 heteroatoms. The Morgan fingerprint density at radius 1 is 1.21 bits per heavy atom. The van der Waals surface area contributed by atoms with Gasteiger partial charge in [-0.1, -0.05) is 29.3 Å². The highest BCUT2D eigenvalue weighted by Gasteiger charge is 2.46. The molecule has 1 fully saturated rings. The van der Waals surface area contributed by atoms with Crippen molar-refractivity contribution in [2.45, 2.75) is 26.3 Å². The number of carbonyl (C=O) groups is 3. The number of benzene rings is 1. The van der Waals surface area contributed by atoms with Gasteiger partial charge in [-0.05, 0) is 64.2 Å². The summed E-state index contributed by atoms with van der Waals surface area (Å²) < 4.78 is 4.80. The maximum absolute atomic E-state index is 13.2. The molecule has 1 aromatic heterocycles. The van der Waals surface area contributed by atoms with Crippen LogP contribution in [0.1, 0.15) is 45.3 Å². The van der Waals surface area contributed by atoms with E-state index in [2.05, 4.69) is 4.98 Å². The largest absolute Gasteiger partial charge is 0.507 e. The summed E-state index contributed by atoms with van der Waals surface area (Å²) >= 11 is 12.3. The lowest BCUT2D eigenvalue weighted by molar-refractivity contribution is -0.139. The molecule has 0 bridgehead atoms. The molecular weight excluding hydrogens is 481 g/mol. The molecule has 0 spiro atoms. The number of carbonyl (C=O) groups excluding carboxylic acids is 3. The lowest BCUT2D eigenvalue weighted by Crippen LogP contribution is -2.32. The number of hydrogen-bond donors (Lipinski definition) is 2. The number of likely N-dealkylation sites (tertiary alicyclic amines) is 1. The molecule has 1 amide bonds. The summed E-state index contributed by atoms with van der Waals surface area (Å²) in [6.07, 6.45) is 0.618. The molecule has 0 unspecified atom stereocenters. The smallest absolute Gasteiger partial charge is 0.354 e. The van der Waals surface area contributed by atoms with Crippen molar-refractivity contribution >= 4 is 46.6 Å². The van der Waals surface area contributed by atoms with Crippen LogP contribution in [0.15, 0.2) is 23.8 Å². The third kappa shape index (κ3) is 4.71. The standard InChI is InChI=1S/C24H27Cl2N3O5/c1-12-17(13(2)27-19(12)24(33)34-5)21(30)18-20(14-7-8-15(25)16(26)11-14)29(23(32)22(18)31)10-6-9-28(3)4/h7-8,11,20,27,30H,6,9-10H2,1-5H3/b21-18+/t20-/m0/s1. The number of Topliss-reactive ketones (excluding diaryl/α,β-unsaturated/α-hetero) is 1. The number of ether oxygens (including phenoxy) is 1. The molecular formula is C24H27Cl2N3O5. The van der Waals surface area contributed by atoms with Crippen LogP contribution in [0, 0.1) is 13.8 Å². The van der Waals surface area contributed by atoms with Crippen molar-refractivity contribution < 1.29 is 24.2 Å². The van der Waals surface area contributed by atoms with Crippen molar-refractivity contribution in [3.63, 3.8) is 0 Å². The molecule has 3 rings (SSSR count). The number of aromatic nitrogens is 1. The van der Waals surface area contributed by atoms with E-state index < -0.39 is 23.7 Å². The van der Waals surface area contributed by atoms with Crippen molar-refractivity contribution in [3.05, 3.63) is 61.9 Å².